The average molecular weight is 355 g/mol. The second kappa shape index (κ2) is 8.18. The van der Waals surface area contributed by atoms with Crippen molar-refractivity contribution in [2.45, 2.75) is 32.8 Å². The van der Waals surface area contributed by atoms with E-state index in [1.165, 1.54) is 6.54 Å². The van der Waals surface area contributed by atoms with Gasteiger partial charge in [-0.25, -0.2) is 0 Å². The van der Waals surface area contributed by atoms with E-state index < -0.39 is 0 Å². The fourth-order valence-corrected chi connectivity index (χ4v) is 3.38. The van der Waals surface area contributed by atoms with Crippen molar-refractivity contribution in [2.75, 3.05) is 19.6 Å². The van der Waals surface area contributed by atoms with Gasteiger partial charge in [0.25, 0.3) is 0 Å². The molecule has 0 N–H and O–H groups in total. The monoisotopic (exact) mass is 354 g/mol. The second-order valence-electron chi connectivity index (χ2n) is 6.51. The SMILES string of the molecule is CC(C)CN1CCC(Oc2cc(Cl)c3cnccc3c2)CC1.Cl. The maximum absolute atomic E-state index is 6.33. The van der Waals surface area contributed by atoms with Crippen LogP contribution < -0.4 is 4.74 Å². The molecule has 2 heterocycles. The summed E-state index contributed by atoms with van der Waals surface area (Å²) in [5.74, 6) is 1.59. The van der Waals surface area contributed by atoms with E-state index in [9.17, 15) is 0 Å². The summed E-state index contributed by atoms with van der Waals surface area (Å²) >= 11 is 6.33. The molecule has 3 rings (SSSR count). The second-order valence-corrected chi connectivity index (χ2v) is 6.92. The number of halogens is 2. The quantitative estimate of drug-likeness (QED) is 0.787. The molecule has 0 saturated carbocycles. The standard InChI is InChI=1S/C18H23ClN2O.ClH/c1-13(2)12-21-7-4-15(5-8-21)22-16-9-14-3-6-20-11-17(14)18(19)10-16;/h3,6,9-11,13,15H,4-5,7-8,12H2,1-2H3;1H. The van der Waals surface area contributed by atoms with Crippen LogP contribution in [0.15, 0.2) is 30.6 Å². The number of nitrogens with zero attached hydrogens (tertiary/aromatic N) is 2. The normalized spacial score (nSPS) is 16.5. The maximum Gasteiger partial charge on any atom is 0.121 e. The highest BCUT2D eigenvalue weighted by Crippen LogP contribution is 2.30. The van der Waals surface area contributed by atoms with Gasteiger partial charge in [-0.15, -0.1) is 12.4 Å². The summed E-state index contributed by atoms with van der Waals surface area (Å²) < 4.78 is 6.17. The minimum Gasteiger partial charge on any atom is -0.490 e. The van der Waals surface area contributed by atoms with Gasteiger partial charge in [0.15, 0.2) is 0 Å². The lowest BCUT2D eigenvalue weighted by molar-refractivity contribution is 0.0942. The van der Waals surface area contributed by atoms with Crippen molar-refractivity contribution < 1.29 is 4.74 Å². The lowest BCUT2D eigenvalue weighted by Gasteiger charge is -2.33. The summed E-state index contributed by atoms with van der Waals surface area (Å²) in [6, 6.07) is 5.94. The summed E-state index contributed by atoms with van der Waals surface area (Å²) in [6.45, 7) is 7.97. The molecule has 0 amide bonds. The van der Waals surface area contributed by atoms with E-state index in [1.54, 1.807) is 12.4 Å². The van der Waals surface area contributed by atoms with E-state index in [0.29, 0.717) is 11.1 Å². The Kier molecular flexibility index (Phi) is 6.51. The zero-order valence-corrected chi connectivity index (χ0v) is 15.2. The van der Waals surface area contributed by atoms with Gasteiger partial charge >= 0.3 is 0 Å². The Morgan fingerprint density at radius 2 is 2.04 bits per heavy atom. The first-order chi connectivity index (χ1) is 10.6. The topological polar surface area (TPSA) is 25.4 Å². The van der Waals surface area contributed by atoms with Crippen molar-refractivity contribution in [2.24, 2.45) is 5.92 Å². The van der Waals surface area contributed by atoms with Crippen LogP contribution in [0.1, 0.15) is 26.7 Å². The summed E-state index contributed by atoms with van der Waals surface area (Å²) in [5.41, 5.74) is 0. The van der Waals surface area contributed by atoms with Gasteiger partial charge < -0.3 is 9.64 Å². The molecule has 1 aliphatic heterocycles. The van der Waals surface area contributed by atoms with Crippen LogP contribution in [0.4, 0.5) is 0 Å². The number of piperidine rings is 1. The van der Waals surface area contributed by atoms with Crippen LogP contribution >= 0.6 is 24.0 Å². The zero-order valence-electron chi connectivity index (χ0n) is 13.7. The summed E-state index contributed by atoms with van der Waals surface area (Å²) in [4.78, 5) is 6.65. The van der Waals surface area contributed by atoms with Crippen molar-refractivity contribution in [1.29, 1.82) is 0 Å². The Morgan fingerprint density at radius 3 is 2.74 bits per heavy atom. The largest absolute Gasteiger partial charge is 0.490 e. The predicted octanol–water partition coefficient (Wildman–Crippen LogP) is 4.81. The molecule has 0 spiro atoms. The lowest BCUT2D eigenvalue weighted by atomic mass is 10.1. The minimum absolute atomic E-state index is 0. The Bertz CT molecular complexity index is 640. The Morgan fingerprint density at radius 1 is 1.30 bits per heavy atom. The first-order valence-electron chi connectivity index (χ1n) is 8.04. The highest BCUT2D eigenvalue weighted by Gasteiger charge is 2.21. The molecule has 23 heavy (non-hydrogen) atoms. The average Bonchev–Trinajstić information content (AvgIpc) is 2.49. The highest BCUT2D eigenvalue weighted by atomic mass is 35.5. The van der Waals surface area contributed by atoms with E-state index in [2.05, 4.69) is 29.8 Å². The van der Waals surface area contributed by atoms with Crippen LogP contribution in [0.25, 0.3) is 10.8 Å². The molecule has 2 aromatic rings. The Balaban J connectivity index is 0.00000192. The van der Waals surface area contributed by atoms with E-state index in [1.807, 2.05) is 12.1 Å². The molecule has 5 heteroatoms. The Hall–Kier alpha value is -1.03. The van der Waals surface area contributed by atoms with Gasteiger partial charge in [-0.05, 0) is 42.3 Å². The molecular formula is C18H24Cl2N2O. The van der Waals surface area contributed by atoms with E-state index in [4.69, 9.17) is 16.3 Å². The number of hydrogen-bond donors (Lipinski definition) is 0. The number of benzene rings is 1. The summed E-state index contributed by atoms with van der Waals surface area (Å²) in [7, 11) is 0. The van der Waals surface area contributed by atoms with Crippen molar-refractivity contribution >= 4 is 34.8 Å². The maximum atomic E-state index is 6.33. The van der Waals surface area contributed by atoms with E-state index >= 15 is 0 Å². The molecule has 0 aliphatic carbocycles. The van der Waals surface area contributed by atoms with Gasteiger partial charge in [0.1, 0.15) is 11.9 Å². The molecule has 0 radical (unpaired) electrons. The third-order valence-electron chi connectivity index (χ3n) is 4.14. The fraction of sp³-hybridized carbons (Fsp3) is 0.500. The predicted molar refractivity (Wildman–Crippen MR) is 98.9 cm³/mol. The van der Waals surface area contributed by atoms with Crippen LogP contribution in [0.5, 0.6) is 5.75 Å². The highest BCUT2D eigenvalue weighted by molar-refractivity contribution is 6.35. The number of aromatic nitrogens is 1. The fourth-order valence-electron chi connectivity index (χ4n) is 3.11. The van der Waals surface area contributed by atoms with E-state index in [-0.39, 0.29) is 12.4 Å². The van der Waals surface area contributed by atoms with Crippen molar-refractivity contribution in [3.8, 4) is 5.75 Å². The minimum atomic E-state index is 0. The molecule has 1 aromatic carbocycles. The number of ether oxygens (including phenoxy) is 1. The van der Waals surface area contributed by atoms with Crippen molar-refractivity contribution in [3.63, 3.8) is 0 Å². The number of hydrogen-bond acceptors (Lipinski definition) is 3. The number of pyridine rings is 1. The van der Waals surface area contributed by atoms with Gasteiger partial charge in [-0.1, -0.05) is 25.4 Å². The molecule has 0 unspecified atom stereocenters. The van der Waals surface area contributed by atoms with Crippen LogP contribution in [0.2, 0.25) is 5.02 Å². The van der Waals surface area contributed by atoms with Gasteiger partial charge in [0.05, 0.1) is 5.02 Å². The van der Waals surface area contributed by atoms with Gasteiger partial charge in [-0.2, -0.15) is 0 Å². The van der Waals surface area contributed by atoms with Crippen LogP contribution in [0, 0.1) is 5.92 Å². The van der Waals surface area contributed by atoms with Crippen LogP contribution in [-0.2, 0) is 0 Å². The van der Waals surface area contributed by atoms with E-state index in [0.717, 1.165) is 48.4 Å². The molecular weight excluding hydrogens is 331 g/mol. The van der Waals surface area contributed by atoms with Crippen molar-refractivity contribution in [3.05, 3.63) is 35.6 Å². The molecule has 1 aromatic heterocycles. The number of fused-ring (bicyclic) bond motifs is 1. The summed E-state index contributed by atoms with van der Waals surface area (Å²) in [5, 5.41) is 2.76. The first kappa shape index (κ1) is 18.3. The Labute approximate surface area is 149 Å². The molecule has 0 bridgehead atoms. The third-order valence-corrected chi connectivity index (χ3v) is 4.45. The molecule has 1 aliphatic rings. The molecule has 3 nitrogen and oxygen atoms in total. The first-order valence-corrected chi connectivity index (χ1v) is 8.42. The van der Waals surface area contributed by atoms with Gasteiger partial charge in [0, 0.05) is 37.4 Å². The van der Waals surface area contributed by atoms with Crippen LogP contribution in [0.3, 0.4) is 0 Å². The van der Waals surface area contributed by atoms with Crippen molar-refractivity contribution in [1.82, 2.24) is 9.88 Å². The van der Waals surface area contributed by atoms with Crippen LogP contribution in [-0.4, -0.2) is 35.6 Å². The lowest BCUT2D eigenvalue weighted by Crippen LogP contribution is -2.39. The number of rotatable bonds is 4. The molecule has 0 atom stereocenters. The molecule has 1 fully saturated rings. The van der Waals surface area contributed by atoms with Gasteiger partial charge in [0.2, 0.25) is 0 Å². The molecule has 126 valence electrons. The van der Waals surface area contributed by atoms with Gasteiger partial charge in [-0.3, -0.25) is 4.98 Å². The number of likely N-dealkylation sites (tertiary alicyclic amines) is 1. The third kappa shape index (κ3) is 4.72. The zero-order chi connectivity index (χ0) is 15.5. The molecule has 1 saturated heterocycles. The summed E-state index contributed by atoms with van der Waals surface area (Å²) in [6.07, 6.45) is 6.04. The smallest absolute Gasteiger partial charge is 0.121 e.